The largest absolute Gasteiger partial charge is 0.493 e. The normalized spacial score (nSPS) is 21.7. The zero-order chi connectivity index (χ0) is 30.7. The monoisotopic (exact) mass is 585 g/mol. The van der Waals surface area contributed by atoms with Crippen LogP contribution in [0.25, 0.3) is 0 Å². The maximum Gasteiger partial charge on any atom is 0.303 e. The molecule has 15 heteroatoms. The first-order valence-corrected chi connectivity index (χ1v) is 12.6. The number of amides is 1. The van der Waals surface area contributed by atoms with Crippen molar-refractivity contribution in [2.45, 2.75) is 58.4 Å². The molecule has 2 N–H and O–H groups in total. The zero-order valence-corrected chi connectivity index (χ0v) is 23.4. The summed E-state index contributed by atoms with van der Waals surface area (Å²) in [4.78, 5) is 61.6. The first-order chi connectivity index (χ1) is 19.4. The molecule has 1 aliphatic heterocycles. The van der Waals surface area contributed by atoms with Gasteiger partial charge in [-0.3, -0.25) is 24.0 Å². The fraction of sp³-hybridized carbons (Fsp3) is 0.577. The molecular weight excluding hydrogens is 550 g/mol. The second-order valence-electron chi connectivity index (χ2n) is 8.79. The Bertz CT molecular complexity index is 1090. The molecule has 0 radical (unpaired) electrons. The number of hydrogen-bond donors (Lipinski definition) is 2. The third-order valence-corrected chi connectivity index (χ3v) is 5.63. The molecule has 0 saturated carbocycles. The second kappa shape index (κ2) is 15.7. The average Bonchev–Trinajstić information content (AvgIpc) is 2.89. The van der Waals surface area contributed by atoms with Gasteiger partial charge in [-0.25, -0.2) is 0 Å². The van der Waals surface area contributed by atoms with E-state index in [1.54, 1.807) is 0 Å². The first kappa shape index (κ1) is 33.3. The Labute approximate surface area is 236 Å². The summed E-state index contributed by atoms with van der Waals surface area (Å²) >= 11 is 0. The number of methoxy groups -OCH3 is 1. The van der Waals surface area contributed by atoms with Gasteiger partial charge in [0.05, 0.1) is 20.3 Å². The molecule has 1 aliphatic rings. The van der Waals surface area contributed by atoms with Crippen LogP contribution < -0.4 is 9.47 Å². The van der Waals surface area contributed by atoms with E-state index in [1.807, 2.05) is 0 Å². The van der Waals surface area contributed by atoms with Gasteiger partial charge < -0.3 is 48.3 Å². The molecule has 1 aromatic rings. The van der Waals surface area contributed by atoms with Gasteiger partial charge in [0.2, 0.25) is 12.4 Å². The Hall–Kier alpha value is -3.95. The minimum Gasteiger partial charge on any atom is -0.493 e. The van der Waals surface area contributed by atoms with Gasteiger partial charge in [-0.2, -0.15) is 0 Å². The van der Waals surface area contributed by atoms with E-state index in [9.17, 15) is 34.2 Å². The second-order valence-corrected chi connectivity index (χ2v) is 8.79. The van der Waals surface area contributed by atoms with Gasteiger partial charge in [-0.15, -0.1) is 0 Å². The third-order valence-electron chi connectivity index (χ3n) is 5.63. The molecule has 1 saturated heterocycles. The van der Waals surface area contributed by atoms with Gasteiger partial charge >= 0.3 is 23.9 Å². The molecule has 1 fully saturated rings. The molecule has 228 valence electrons. The highest BCUT2D eigenvalue weighted by Gasteiger charge is 2.53. The highest BCUT2D eigenvalue weighted by Crippen LogP contribution is 2.35. The van der Waals surface area contributed by atoms with Crippen molar-refractivity contribution < 1.29 is 67.3 Å². The number of carbonyl (C=O) groups is 5. The number of esters is 4. The molecule has 0 spiro atoms. The molecule has 1 amide bonds. The lowest BCUT2D eigenvalue weighted by molar-refractivity contribution is -0.288. The van der Waals surface area contributed by atoms with Crippen LogP contribution in [0.1, 0.15) is 38.1 Å². The summed E-state index contributed by atoms with van der Waals surface area (Å²) in [5.74, 6) is -3.47. The summed E-state index contributed by atoms with van der Waals surface area (Å²) in [6, 6.07) is 4.12. The van der Waals surface area contributed by atoms with Crippen LogP contribution in [-0.4, -0.2) is 116 Å². The van der Waals surface area contributed by atoms with Crippen LogP contribution in [0.5, 0.6) is 11.5 Å². The van der Waals surface area contributed by atoms with E-state index >= 15 is 0 Å². The van der Waals surface area contributed by atoms with Crippen LogP contribution in [0.4, 0.5) is 0 Å². The van der Waals surface area contributed by atoms with Crippen LogP contribution in [0.2, 0.25) is 0 Å². The Morgan fingerprint density at radius 3 is 1.88 bits per heavy atom. The van der Waals surface area contributed by atoms with E-state index in [-0.39, 0.29) is 43.4 Å². The minimum atomic E-state index is -1.51. The van der Waals surface area contributed by atoms with Crippen LogP contribution >= 0.6 is 0 Å². The molecule has 1 heterocycles. The highest BCUT2D eigenvalue weighted by molar-refractivity contribution is 5.95. The van der Waals surface area contributed by atoms with Gasteiger partial charge in [-0.05, 0) is 18.2 Å². The third kappa shape index (κ3) is 9.58. The lowest BCUT2D eigenvalue weighted by Crippen LogP contribution is -2.63. The lowest BCUT2D eigenvalue weighted by Gasteiger charge is -2.44. The molecule has 1 aromatic carbocycles. The van der Waals surface area contributed by atoms with Crippen LogP contribution in [0.3, 0.4) is 0 Å². The van der Waals surface area contributed by atoms with E-state index in [1.165, 1.54) is 30.2 Å². The number of carbonyl (C=O) groups excluding carboxylic acids is 5. The topological polar surface area (TPSA) is 194 Å². The van der Waals surface area contributed by atoms with Crippen molar-refractivity contribution in [1.29, 1.82) is 0 Å². The summed E-state index contributed by atoms with van der Waals surface area (Å²) in [7, 11) is 1.31. The summed E-state index contributed by atoms with van der Waals surface area (Å²) < 4.78 is 38.4. The molecule has 0 bridgehead atoms. The first-order valence-electron chi connectivity index (χ1n) is 12.6. The van der Waals surface area contributed by atoms with E-state index in [4.69, 9.17) is 33.2 Å². The van der Waals surface area contributed by atoms with Crippen molar-refractivity contribution in [3.05, 3.63) is 23.8 Å². The predicted molar refractivity (Wildman–Crippen MR) is 136 cm³/mol. The zero-order valence-electron chi connectivity index (χ0n) is 23.4. The molecule has 15 nitrogen and oxygen atoms in total. The van der Waals surface area contributed by atoms with Gasteiger partial charge in [0, 0.05) is 46.3 Å². The maximum atomic E-state index is 12.9. The van der Waals surface area contributed by atoms with Crippen LogP contribution in [0.15, 0.2) is 18.2 Å². The summed E-state index contributed by atoms with van der Waals surface area (Å²) in [6.45, 7) is 3.37. The van der Waals surface area contributed by atoms with Gasteiger partial charge in [0.15, 0.2) is 23.7 Å². The molecule has 41 heavy (non-hydrogen) atoms. The predicted octanol–water partition coefficient (Wildman–Crippen LogP) is -0.416. The fourth-order valence-corrected chi connectivity index (χ4v) is 4.05. The lowest BCUT2D eigenvalue weighted by atomic mass is 9.98. The molecule has 2 rings (SSSR count). The van der Waals surface area contributed by atoms with Crippen molar-refractivity contribution in [3.63, 3.8) is 0 Å². The standard InChI is InChI=1S/C26H35NO14/c1-14(30)36-13-21-22(37-15(2)31)23(38-16(3)32)24(39-17(4)33)26(41-21)40-19-7-6-18(12-20(19)35-5)25(34)27(8-10-28)9-11-29/h6-7,12,21-24,26,28-29H,8-11,13H2,1-5H3/t21-,22+,23-,24-,26+/m0/s1. The van der Waals surface area contributed by atoms with Gasteiger partial charge in [0.1, 0.15) is 12.7 Å². The van der Waals surface area contributed by atoms with Gasteiger partial charge in [-0.1, -0.05) is 0 Å². The smallest absolute Gasteiger partial charge is 0.303 e. The van der Waals surface area contributed by atoms with Crippen molar-refractivity contribution in [2.75, 3.05) is 40.0 Å². The number of benzene rings is 1. The Morgan fingerprint density at radius 2 is 1.37 bits per heavy atom. The van der Waals surface area contributed by atoms with Crippen LogP contribution in [0, 0.1) is 0 Å². The number of rotatable bonds is 13. The number of nitrogens with zero attached hydrogens (tertiary/aromatic N) is 1. The molecular formula is C26H35NO14. The fourth-order valence-electron chi connectivity index (χ4n) is 4.05. The highest BCUT2D eigenvalue weighted by atomic mass is 16.7. The van der Waals surface area contributed by atoms with Crippen LogP contribution in [-0.2, 0) is 42.9 Å². The molecule has 0 unspecified atom stereocenters. The van der Waals surface area contributed by atoms with E-state index < -0.39 is 67.1 Å². The number of ether oxygens (including phenoxy) is 7. The van der Waals surface area contributed by atoms with E-state index in [0.29, 0.717) is 0 Å². The van der Waals surface area contributed by atoms with Crippen molar-refractivity contribution in [1.82, 2.24) is 4.90 Å². The maximum absolute atomic E-state index is 12.9. The number of aliphatic hydroxyl groups excluding tert-OH is 2. The minimum absolute atomic E-state index is 0.00923. The summed E-state index contributed by atoms with van der Waals surface area (Å²) in [5, 5.41) is 18.5. The molecule has 0 aromatic heterocycles. The van der Waals surface area contributed by atoms with Gasteiger partial charge in [0.25, 0.3) is 5.91 Å². The average molecular weight is 586 g/mol. The number of hydrogen-bond acceptors (Lipinski definition) is 14. The summed E-state index contributed by atoms with van der Waals surface area (Å²) in [6.07, 6.45) is -6.99. The Kier molecular flexibility index (Phi) is 12.8. The number of aliphatic hydroxyl groups is 2. The summed E-state index contributed by atoms with van der Waals surface area (Å²) in [5.41, 5.74) is 0.151. The SMILES string of the molecule is COc1cc(C(=O)N(CCO)CCO)ccc1O[C@@H]1O[C@@H](COC(C)=O)[C@@H](OC(C)=O)[C@H](OC(C)=O)[C@@H]1OC(C)=O. The van der Waals surface area contributed by atoms with E-state index in [2.05, 4.69) is 0 Å². The van der Waals surface area contributed by atoms with Crippen molar-refractivity contribution >= 4 is 29.8 Å². The van der Waals surface area contributed by atoms with Crippen molar-refractivity contribution in [3.8, 4) is 11.5 Å². The molecule has 0 aliphatic carbocycles. The quantitative estimate of drug-likeness (QED) is 0.224. The van der Waals surface area contributed by atoms with Crippen molar-refractivity contribution in [2.24, 2.45) is 0 Å². The Balaban J connectivity index is 2.50. The Morgan fingerprint density at radius 1 is 0.805 bits per heavy atom. The van der Waals surface area contributed by atoms with E-state index in [0.717, 1.165) is 27.7 Å². The molecule has 5 atom stereocenters.